The van der Waals surface area contributed by atoms with Gasteiger partial charge >= 0.3 is 0 Å². The van der Waals surface area contributed by atoms with E-state index in [0.29, 0.717) is 11.8 Å². The fraction of sp³-hybridized carbons (Fsp3) is 1.00. The first-order valence-corrected chi connectivity index (χ1v) is 7.32. The van der Waals surface area contributed by atoms with Gasteiger partial charge in [-0.2, -0.15) is 0 Å². The summed E-state index contributed by atoms with van der Waals surface area (Å²) in [6.45, 7) is 6.79. The zero-order valence-electron chi connectivity index (χ0n) is 11.5. The van der Waals surface area contributed by atoms with Crippen molar-refractivity contribution in [3.8, 4) is 0 Å². The van der Waals surface area contributed by atoms with Crippen molar-refractivity contribution in [2.45, 2.75) is 84.2 Å². The maximum absolute atomic E-state index is 10.7. The van der Waals surface area contributed by atoms with Gasteiger partial charge in [-0.15, -0.1) is 0 Å². The molecule has 16 heavy (non-hydrogen) atoms. The highest BCUT2D eigenvalue weighted by atomic mass is 16.3. The summed E-state index contributed by atoms with van der Waals surface area (Å²) in [7, 11) is 0. The Kier molecular flexibility index (Phi) is 5.82. The number of rotatable bonds is 6. The lowest BCUT2D eigenvalue weighted by atomic mass is 9.68. The summed E-state index contributed by atoms with van der Waals surface area (Å²) in [6, 6.07) is 0. The Morgan fingerprint density at radius 1 is 1.12 bits per heavy atom. The molecule has 3 atom stereocenters. The normalized spacial score (nSPS) is 35.2. The van der Waals surface area contributed by atoms with Crippen LogP contribution in [0.5, 0.6) is 0 Å². The summed E-state index contributed by atoms with van der Waals surface area (Å²) in [5, 5.41) is 10.7. The molecule has 0 heterocycles. The Bertz CT molecular complexity index is 190. The van der Waals surface area contributed by atoms with E-state index >= 15 is 0 Å². The van der Waals surface area contributed by atoms with Gasteiger partial charge in [0.05, 0.1) is 5.60 Å². The van der Waals surface area contributed by atoms with Crippen molar-refractivity contribution in [1.82, 2.24) is 0 Å². The summed E-state index contributed by atoms with van der Waals surface area (Å²) in [6.07, 6.45) is 11.1. The van der Waals surface area contributed by atoms with Crippen LogP contribution in [0.4, 0.5) is 0 Å². The van der Waals surface area contributed by atoms with Crippen molar-refractivity contribution in [2.75, 3.05) is 0 Å². The lowest BCUT2D eigenvalue weighted by molar-refractivity contribution is -0.0703. The summed E-state index contributed by atoms with van der Waals surface area (Å²) in [5.74, 6) is 1.20. The van der Waals surface area contributed by atoms with Crippen LogP contribution in [0.3, 0.4) is 0 Å². The molecule has 1 fully saturated rings. The third-order valence-corrected chi connectivity index (χ3v) is 4.68. The van der Waals surface area contributed by atoms with Crippen molar-refractivity contribution in [2.24, 2.45) is 11.8 Å². The third kappa shape index (κ3) is 3.76. The molecule has 1 N–H and O–H groups in total. The van der Waals surface area contributed by atoms with Crippen LogP contribution in [-0.2, 0) is 0 Å². The molecule has 0 bridgehead atoms. The fourth-order valence-electron chi connectivity index (χ4n) is 3.12. The Labute approximate surface area is 102 Å². The van der Waals surface area contributed by atoms with Crippen LogP contribution in [0.2, 0.25) is 0 Å². The topological polar surface area (TPSA) is 20.2 Å². The molecule has 0 radical (unpaired) electrons. The largest absolute Gasteiger partial charge is 0.390 e. The highest BCUT2D eigenvalue weighted by molar-refractivity contribution is 4.90. The van der Waals surface area contributed by atoms with Gasteiger partial charge in [-0.05, 0) is 24.7 Å². The molecule has 0 aromatic rings. The van der Waals surface area contributed by atoms with E-state index in [1.54, 1.807) is 0 Å². The highest BCUT2D eigenvalue weighted by Crippen LogP contribution is 2.40. The molecule has 0 aromatic heterocycles. The molecular weight excluding hydrogens is 196 g/mol. The summed E-state index contributed by atoms with van der Waals surface area (Å²) >= 11 is 0. The SMILES string of the molecule is CCCCCCCC1(O)CCCC(C)C1C. The summed E-state index contributed by atoms with van der Waals surface area (Å²) in [5.41, 5.74) is -0.343. The van der Waals surface area contributed by atoms with Crippen LogP contribution >= 0.6 is 0 Å². The van der Waals surface area contributed by atoms with Crippen molar-refractivity contribution in [3.05, 3.63) is 0 Å². The molecule has 0 aromatic carbocycles. The number of aliphatic hydroxyl groups is 1. The molecule has 1 aliphatic rings. The van der Waals surface area contributed by atoms with E-state index in [1.165, 1.54) is 44.9 Å². The van der Waals surface area contributed by atoms with Gasteiger partial charge in [0.2, 0.25) is 0 Å². The molecule has 0 amide bonds. The van der Waals surface area contributed by atoms with Gasteiger partial charge in [0.1, 0.15) is 0 Å². The minimum Gasteiger partial charge on any atom is -0.390 e. The monoisotopic (exact) mass is 226 g/mol. The molecule has 1 aliphatic carbocycles. The predicted octanol–water partition coefficient (Wildman–Crippen LogP) is 4.53. The van der Waals surface area contributed by atoms with Crippen LogP contribution in [0, 0.1) is 11.8 Å². The van der Waals surface area contributed by atoms with Gasteiger partial charge in [0.15, 0.2) is 0 Å². The lowest BCUT2D eigenvalue weighted by Crippen LogP contribution is -2.42. The van der Waals surface area contributed by atoms with Crippen LogP contribution in [0.15, 0.2) is 0 Å². The molecule has 1 rings (SSSR count). The van der Waals surface area contributed by atoms with Crippen LogP contribution in [0.25, 0.3) is 0 Å². The minimum atomic E-state index is -0.343. The van der Waals surface area contributed by atoms with Gasteiger partial charge in [-0.25, -0.2) is 0 Å². The first-order chi connectivity index (χ1) is 7.60. The van der Waals surface area contributed by atoms with Crippen LogP contribution in [0.1, 0.15) is 78.6 Å². The average Bonchev–Trinajstić information content (AvgIpc) is 2.26. The van der Waals surface area contributed by atoms with E-state index < -0.39 is 0 Å². The highest BCUT2D eigenvalue weighted by Gasteiger charge is 2.38. The molecule has 3 unspecified atom stereocenters. The number of hydrogen-bond acceptors (Lipinski definition) is 1. The second-order valence-electron chi connectivity index (χ2n) is 5.93. The maximum Gasteiger partial charge on any atom is 0.0675 e. The first-order valence-electron chi connectivity index (χ1n) is 7.32. The van der Waals surface area contributed by atoms with Crippen LogP contribution in [-0.4, -0.2) is 10.7 Å². The summed E-state index contributed by atoms with van der Waals surface area (Å²) < 4.78 is 0. The second kappa shape index (κ2) is 6.64. The van der Waals surface area contributed by atoms with E-state index in [-0.39, 0.29) is 5.60 Å². The quantitative estimate of drug-likeness (QED) is 0.660. The van der Waals surface area contributed by atoms with Crippen LogP contribution < -0.4 is 0 Å². The second-order valence-corrected chi connectivity index (χ2v) is 5.93. The predicted molar refractivity (Wildman–Crippen MR) is 70.5 cm³/mol. The van der Waals surface area contributed by atoms with Gasteiger partial charge < -0.3 is 5.11 Å². The van der Waals surface area contributed by atoms with Crippen molar-refractivity contribution >= 4 is 0 Å². The van der Waals surface area contributed by atoms with Crippen molar-refractivity contribution in [3.63, 3.8) is 0 Å². The van der Waals surface area contributed by atoms with E-state index in [0.717, 1.165) is 12.8 Å². The zero-order valence-corrected chi connectivity index (χ0v) is 11.5. The van der Waals surface area contributed by atoms with Gasteiger partial charge in [-0.1, -0.05) is 65.7 Å². The number of unbranched alkanes of at least 4 members (excludes halogenated alkanes) is 4. The first kappa shape index (κ1) is 14.0. The molecule has 0 spiro atoms. The summed E-state index contributed by atoms with van der Waals surface area (Å²) in [4.78, 5) is 0. The van der Waals surface area contributed by atoms with Gasteiger partial charge in [0, 0.05) is 0 Å². The van der Waals surface area contributed by atoms with E-state index in [1.807, 2.05) is 0 Å². The Hall–Kier alpha value is -0.0400. The third-order valence-electron chi connectivity index (χ3n) is 4.68. The molecular formula is C15H30O. The molecule has 1 saturated carbocycles. The maximum atomic E-state index is 10.7. The Morgan fingerprint density at radius 2 is 1.81 bits per heavy atom. The van der Waals surface area contributed by atoms with Gasteiger partial charge in [-0.3, -0.25) is 0 Å². The Morgan fingerprint density at radius 3 is 2.50 bits per heavy atom. The minimum absolute atomic E-state index is 0.343. The lowest BCUT2D eigenvalue weighted by Gasteiger charge is -2.42. The zero-order chi connectivity index (χ0) is 12.0. The standard InChI is InChI=1S/C15H30O/c1-4-5-6-7-8-11-15(16)12-9-10-13(2)14(15)3/h13-14,16H,4-12H2,1-3H3. The fourth-order valence-corrected chi connectivity index (χ4v) is 3.12. The average molecular weight is 226 g/mol. The molecule has 1 nitrogen and oxygen atoms in total. The molecule has 96 valence electrons. The van der Waals surface area contributed by atoms with Crippen molar-refractivity contribution < 1.29 is 5.11 Å². The van der Waals surface area contributed by atoms with E-state index in [2.05, 4.69) is 20.8 Å². The van der Waals surface area contributed by atoms with E-state index in [4.69, 9.17) is 0 Å². The van der Waals surface area contributed by atoms with Crippen molar-refractivity contribution in [1.29, 1.82) is 0 Å². The molecule has 0 aliphatic heterocycles. The van der Waals surface area contributed by atoms with Gasteiger partial charge in [0.25, 0.3) is 0 Å². The van der Waals surface area contributed by atoms with E-state index in [9.17, 15) is 5.11 Å². The smallest absolute Gasteiger partial charge is 0.0675 e. The molecule has 0 saturated heterocycles. The molecule has 1 heteroatoms. The number of hydrogen-bond donors (Lipinski definition) is 1. The Balaban J connectivity index is 2.27.